The molecule has 0 spiro atoms. The monoisotopic (exact) mass is 325 g/mol. The lowest BCUT2D eigenvalue weighted by molar-refractivity contribution is 0.285. The molecule has 0 saturated carbocycles. The van der Waals surface area contributed by atoms with Crippen LogP contribution in [0.5, 0.6) is 0 Å². The SMILES string of the molecule is Cc1cc(S(=O)(=O)N(C)CCc2ccccc2)sc1CO. The first kappa shape index (κ1) is 16.2. The van der Waals surface area contributed by atoms with Gasteiger partial charge in [0.2, 0.25) is 0 Å². The van der Waals surface area contributed by atoms with Gasteiger partial charge in [0.05, 0.1) is 6.61 Å². The van der Waals surface area contributed by atoms with Crippen molar-refractivity contribution in [3.63, 3.8) is 0 Å². The molecule has 1 heterocycles. The molecular formula is C15H19NO3S2. The maximum absolute atomic E-state index is 12.5. The molecule has 1 aromatic carbocycles. The Labute approximate surface area is 129 Å². The van der Waals surface area contributed by atoms with Gasteiger partial charge in [0.1, 0.15) is 4.21 Å². The summed E-state index contributed by atoms with van der Waals surface area (Å²) in [6.45, 7) is 2.11. The molecule has 0 aliphatic heterocycles. The number of aryl methyl sites for hydroxylation is 1. The molecule has 0 fully saturated rings. The lowest BCUT2D eigenvalue weighted by Gasteiger charge is -2.15. The van der Waals surface area contributed by atoms with Gasteiger partial charge in [0.15, 0.2) is 0 Å². The van der Waals surface area contributed by atoms with Crippen molar-refractivity contribution in [2.75, 3.05) is 13.6 Å². The third-order valence-corrected chi connectivity index (χ3v) is 6.89. The van der Waals surface area contributed by atoms with E-state index in [4.69, 9.17) is 0 Å². The molecule has 2 aromatic rings. The van der Waals surface area contributed by atoms with Gasteiger partial charge in [-0.05, 0) is 30.5 Å². The van der Waals surface area contributed by atoms with Crippen molar-refractivity contribution in [3.05, 3.63) is 52.4 Å². The van der Waals surface area contributed by atoms with Crippen molar-refractivity contribution in [1.29, 1.82) is 0 Å². The highest BCUT2D eigenvalue weighted by molar-refractivity contribution is 7.91. The summed E-state index contributed by atoms with van der Waals surface area (Å²) in [7, 11) is -1.89. The molecular weight excluding hydrogens is 306 g/mol. The van der Waals surface area contributed by atoms with E-state index in [-0.39, 0.29) is 6.61 Å². The third kappa shape index (κ3) is 3.71. The van der Waals surface area contributed by atoms with E-state index in [0.717, 1.165) is 22.5 Å². The van der Waals surface area contributed by atoms with Gasteiger partial charge in [0.25, 0.3) is 10.0 Å². The first-order valence-corrected chi connectivity index (χ1v) is 8.91. The molecule has 114 valence electrons. The van der Waals surface area contributed by atoms with Gasteiger partial charge in [-0.2, -0.15) is 4.31 Å². The van der Waals surface area contributed by atoms with Crippen LogP contribution >= 0.6 is 11.3 Å². The number of hydrogen-bond donors (Lipinski definition) is 1. The van der Waals surface area contributed by atoms with Crippen molar-refractivity contribution in [1.82, 2.24) is 4.31 Å². The second kappa shape index (κ2) is 6.70. The van der Waals surface area contributed by atoms with Crippen LogP contribution in [0.15, 0.2) is 40.6 Å². The molecule has 0 radical (unpaired) electrons. The molecule has 0 aliphatic carbocycles. The highest BCUT2D eigenvalue weighted by atomic mass is 32.2. The lowest BCUT2D eigenvalue weighted by Crippen LogP contribution is -2.28. The molecule has 1 N–H and O–H groups in total. The second-order valence-corrected chi connectivity index (χ2v) is 8.30. The number of sulfonamides is 1. The number of aliphatic hydroxyl groups is 1. The van der Waals surface area contributed by atoms with Crippen LogP contribution in [0.2, 0.25) is 0 Å². The predicted molar refractivity (Wildman–Crippen MR) is 84.9 cm³/mol. The Morgan fingerprint density at radius 2 is 1.90 bits per heavy atom. The zero-order valence-corrected chi connectivity index (χ0v) is 13.7. The minimum atomic E-state index is -3.48. The average Bonchev–Trinajstić information content (AvgIpc) is 2.87. The van der Waals surface area contributed by atoms with E-state index < -0.39 is 10.0 Å². The summed E-state index contributed by atoms with van der Waals surface area (Å²) in [4.78, 5) is 0.699. The fraction of sp³-hybridized carbons (Fsp3) is 0.333. The number of benzene rings is 1. The Kier molecular flexibility index (Phi) is 5.16. The Hall–Kier alpha value is -1.21. The van der Waals surface area contributed by atoms with Crippen LogP contribution in [0, 0.1) is 6.92 Å². The lowest BCUT2D eigenvalue weighted by atomic mass is 10.2. The summed E-state index contributed by atoms with van der Waals surface area (Å²) >= 11 is 1.14. The minimum absolute atomic E-state index is 0.125. The molecule has 21 heavy (non-hydrogen) atoms. The maximum Gasteiger partial charge on any atom is 0.252 e. The van der Waals surface area contributed by atoms with E-state index in [0.29, 0.717) is 22.1 Å². The van der Waals surface area contributed by atoms with E-state index >= 15 is 0 Å². The summed E-state index contributed by atoms with van der Waals surface area (Å²) in [5.74, 6) is 0. The summed E-state index contributed by atoms with van der Waals surface area (Å²) in [6, 6.07) is 11.4. The van der Waals surface area contributed by atoms with Crippen LogP contribution in [0.4, 0.5) is 0 Å². The number of hydrogen-bond acceptors (Lipinski definition) is 4. The molecule has 0 amide bonds. The first-order valence-electron chi connectivity index (χ1n) is 6.65. The van der Waals surface area contributed by atoms with Crippen LogP contribution in [0.3, 0.4) is 0 Å². The quantitative estimate of drug-likeness (QED) is 0.887. The summed E-state index contributed by atoms with van der Waals surface area (Å²) in [6.07, 6.45) is 0.674. The molecule has 0 saturated heterocycles. The highest BCUT2D eigenvalue weighted by Crippen LogP contribution is 2.28. The zero-order valence-electron chi connectivity index (χ0n) is 12.1. The Bertz CT molecular complexity index is 693. The van der Waals surface area contributed by atoms with Crippen LogP contribution in [-0.2, 0) is 23.1 Å². The molecule has 0 atom stereocenters. The largest absolute Gasteiger partial charge is 0.391 e. The third-order valence-electron chi connectivity index (χ3n) is 3.36. The first-order chi connectivity index (χ1) is 9.95. The molecule has 0 aliphatic rings. The van der Waals surface area contributed by atoms with Gasteiger partial charge in [-0.25, -0.2) is 8.42 Å². The number of aliphatic hydroxyl groups excluding tert-OH is 1. The summed E-state index contributed by atoms with van der Waals surface area (Å²) < 4.78 is 26.6. The smallest absolute Gasteiger partial charge is 0.252 e. The predicted octanol–water partition coefficient (Wildman–Crippen LogP) is 2.41. The highest BCUT2D eigenvalue weighted by Gasteiger charge is 2.23. The van der Waals surface area contributed by atoms with Crippen LogP contribution in [0.25, 0.3) is 0 Å². The van der Waals surface area contributed by atoms with Crippen LogP contribution in [-0.4, -0.2) is 31.4 Å². The standard InChI is InChI=1S/C15H19NO3S2/c1-12-10-15(20-14(12)11-17)21(18,19)16(2)9-8-13-6-4-3-5-7-13/h3-7,10,17H,8-9,11H2,1-2H3. The molecule has 1 aromatic heterocycles. The summed E-state index contributed by atoms with van der Waals surface area (Å²) in [5, 5.41) is 9.19. The zero-order chi connectivity index (χ0) is 15.5. The number of thiophene rings is 1. The van der Waals surface area contributed by atoms with Crippen LogP contribution < -0.4 is 0 Å². The molecule has 2 rings (SSSR count). The molecule has 4 nitrogen and oxygen atoms in total. The van der Waals surface area contributed by atoms with Crippen molar-refractivity contribution >= 4 is 21.4 Å². The van der Waals surface area contributed by atoms with E-state index in [1.165, 1.54) is 4.31 Å². The van der Waals surface area contributed by atoms with E-state index in [1.807, 2.05) is 37.3 Å². The molecule has 6 heteroatoms. The van der Waals surface area contributed by atoms with Gasteiger partial charge in [-0.3, -0.25) is 0 Å². The Balaban J connectivity index is 2.11. The number of rotatable bonds is 6. The topological polar surface area (TPSA) is 57.6 Å². The van der Waals surface area contributed by atoms with Crippen LogP contribution in [0.1, 0.15) is 16.0 Å². The maximum atomic E-state index is 12.5. The van der Waals surface area contributed by atoms with Gasteiger partial charge >= 0.3 is 0 Å². The average molecular weight is 325 g/mol. The Morgan fingerprint density at radius 1 is 1.24 bits per heavy atom. The fourth-order valence-corrected chi connectivity index (χ4v) is 4.81. The van der Waals surface area contributed by atoms with Gasteiger partial charge < -0.3 is 5.11 Å². The van der Waals surface area contributed by atoms with Crippen molar-refractivity contribution in [3.8, 4) is 0 Å². The summed E-state index contributed by atoms with van der Waals surface area (Å²) in [5.41, 5.74) is 1.93. The van der Waals surface area contributed by atoms with Crippen molar-refractivity contribution in [2.24, 2.45) is 0 Å². The van der Waals surface area contributed by atoms with E-state index in [1.54, 1.807) is 13.1 Å². The molecule has 0 unspecified atom stereocenters. The van der Waals surface area contributed by atoms with Crippen molar-refractivity contribution < 1.29 is 13.5 Å². The minimum Gasteiger partial charge on any atom is -0.391 e. The van der Waals surface area contributed by atoms with Gasteiger partial charge in [-0.1, -0.05) is 30.3 Å². The van der Waals surface area contributed by atoms with Crippen molar-refractivity contribution in [2.45, 2.75) is 24.2 Å². The second-order valence-electron chi connectivity index (χ2n) is 4.89. The molecule has 0 bridgehead atoms. The van der Waals surface area contributed by atoms with Gasteiger partial charge in [-0.15, -0.1) is 11.3 Å². The fourth-order valence-electron chi connectivity index (χ4n) is 1.98. The normalized spacial score (nSPS) is 12.0. The number of nitrogens with zero attached hydrogens (tertiary/aromatic N) is 1. The van der Waals surface area contributed by atoms with E-state index in [2.05, 4.69) is 0 Å². The Morgan fingerprint density at radius 3 is 2.48 bits per heavy atom. The van der Waals surface area contributed by atoms with E-state index in [9.17, 15) is 13.5 Å². The number of likely N-dealkylation sites (N-methyl/N-ethyl adjacent to an activating group) is 1. The van der Waals surface area contributed by atoms with Gasteiger partial charge in [0, 0.05) is 18.5 Å².